The van der Waals surface area contributed by atoms with Gasteiger partial charge in [-0.25, -0.2) is 0 Å². The molecule has 0 aliphatic heterocycles. The van der Waals surface area contributed by atoms with Crippen LogP contribution in [-0.2, 0) is 6.42 Å². The molecule has 0 radical (unpaired) electrons. The molecule has 1 heterocycles. The number of hydrogen-bond donors (Lipinski definition) is 3. The van der Waals surface area contributed by atoms with Gasteiger partial charge in [-0.05, 0) is 30.0 Å². The van der Waals surface area contributed by atoms with E-state index in [-0.39, 0.29) is 0 Å². The summed E-state index contributed by atoms with van der Waals surface area (Å²) in [5.41, 5.74) is 3.95. The molecule has 4 nitrogen and oxygen atoms in total. The third-order valence-electron chi connectivity index (χ3n) is 4.93. The van der Waals surface area contributed by atoms with E-state index in [0.29, 0.717) is 12.0 Å². The third kappa shape index (κ3) is 3.53. The monoisotopic (exact) mass is 332 g/mol. The Hall–Kier alpha value is -2.75. The first-order valence-corrected chi connectivity index (χ1v) is 8.92. The molecule has 4 heteroatoms. The summed E-state index contributed by atoms with van der Waals surface area (Å²) in [6.07, 6.45) is 4.25. The van der Waals surface area contributed by atoms with Gasteiger partial charge in [0.1, 0.15) is 0 Å². The molecule has 1 aliphatic carbocycles. The van der Waals surface area contributed by atoms with Crippen molar-refractivity contribution in [2.24, 2.45) is 4.99 Å². The molecule has 1 aliphatic rings. The molecule has 128 valence electrons. The molecule has 2 aromatic carbocycles. The van der Waals surface area contributed by atoms with Crippen molar-refractivity contribution in [1.82, 2.24) is 15.6 Å². The molecule has 4 rings (SSSR count). The van der Waals surface area contributed by atoms with E-state index in [2.05, 4.69) is 81.4 Å². The average Bonchev–Trinajstić information content (AvgIpc) is 3.32. The van der Waals surface area contributed by atoms with Crippen LogP contribution in [0.25, 0.3) is 10.9 Å². The van der Waals surface area contributed by atoms with Crippen molar-refractivity contribution in [3.63, 3.8) is 0 Å². The number of aromatic amines is 1. The van der Waals surface area contributed by atoms with Crippen LogP contribution in [0, 0.1) is 0 Å². The van der Waals surface area contributed by atoms with Crippen LogP contribution < -0.4 is 10.6 Å². The number of nitrogens with one attached hydrogen (secondary N) is 3. The molecule has 1 fully saturated rings. The number of guanidine groups is 1. The maximum atomic E-state index is 4.36. The highest BCUT2D eigenvalue weighted by atomic mass is 15.2. The maximum Gasteiger partial charge on any atom is 0.191 e. The number of aromatic nitrogens is 1. The van der Waals surface area contributed by atoms with Gasteiger partial charge >= 0.3 is 0 Å². The van der Waals surface area contributed by atoms with Gasteiger partial charge in [0.05, 0.1) is 0 Å². The molecule has 2 atom stereocenters. The highest BCUT2D eigenvalue weighted by Crippen LogP contribution is 2.40. The fraction of sp³-hybridized carbons (Fsp3) is 0.286. The summed E-state index contributed by atoms with van der Waals surface area (Å²) >= 11 is 0. The van der Waals surface area contributed by atoms with Gasteiger partial charge in [-0.1, -0.05) is 48.5 Å². The van der Waals surface area contributed by atoms with E-state index < -0.39 is 0 Å². The lowest BCUT2D eigenvalue weighted by atomic mass is 10.1. The summed E-state index contributed by atoms with van der Waals surface area (Å²) in [6.45, 7) is 0.865. The minimum absolute atomic E-state index is 0.488. The zero-order valence-electron chi connectivity index (χ0n) is 14.5. The van der Waals surface area contributed by atoms with Gasteiger partial charge in [-0.2, -0.15) is 0 Å². The van der Waals surface area contributed by atoms with Crippen molar-refractivity contribution in [2.75, 3.05) is 13.6 Å². The van der Waals surface area contributed by atoms with Crippen molar-refractivity contribution >= 4 is 16.9 Å². The number of para-hydroxylation sites is 1. The lowest BCUT2D eigenvalue weighted by Crippen LogP contribution is -2.39. The van der Waals surface area contributed by atoms with Gasteiger partial charge in [0.2, 0.25) is 0 Å². The number of aliphatic imine (C=N–C) groups is 1. The quantitative estimate of drug-likeness (QED) is 0.495. The Morgan fingerprint density at radius 3 is 2.76 bits per heavy atom. The third-order valence-corrected chi connectivity index (χ3v) is 4.93. The SMILES string of the molecule is CN=C(NCCc1c[nH]c2ccccc12)NC1CC1c1ccccc1. The molecule has 0 bridgehead atoms. The van der Waals surface area contributed by atoms with Crippen molar-refractivity contribution < 1.29 is 0 Å². The first-order chi connectivity index (χ1) is 12.3. The van der Waals surface area contributed by atoms with Crippen molar-refractivity contribution in [2.45, 2.75) is 24.8 Å². The number of fused-ring (bicyclic) bond motifs is 1. The molecule has 3 N–H and O–H groups in total. The summed E-state index contributed by atoms with van der Waals surface area (Å²) in [5, 5.41) is 8.28. The molecule has 1 saturated carbocycles. The predicted molar refractivity (Wildman–Crippen MR) is 104 cm³/mol. The van der Waals surface area contributed by atoms with Crippen LogP contribution in [-0.4, -0.2) is 30.6 Å². The topological polar surface area (TPSA) is 52.2 Å². The molecule has 3 aromatic rings. The highest BCUT2D eigenvalue weighted by Gasteiger charge is 2.38. The smallest absolute Gasteiger partial charge is 0.191 e. The Morgan fingerprint density at radius 2 is 1.92 bits per heavy atom. The maximum absolute atomic E-state index is 4.36. The van der Waals surface area contributed by atoms with Crippen molar-refractivity contribution in [3.8, 4) is 0 Å². The zero-order valence-corrected chi connectivity index (χ0v) is 14.5. The number of H-pyrrole nitrogens is 1. The number of nitrogens with zero attached hydrogens (tertiary/aromatic N) is 1. The molecule has 0 spiro atoms. The first-order valence-electron chi connectivity index (χ1n) is 8.92. The molecule has 25 heavy (non-hydrogen) atoms. The summed E-state index contributed by atoms with van der Waals surface area (Å²) in [6, 6.07) is 19.6. The van der Waals surface area contributed by atoms with E-state index in [1.807, 2.05) is 7.05 Å². The van der Waals surface area contributed by atoms with Gasteiger partial charge < -0.3 is 15.6 Å². The average molecular weight is 332 g/mol. The van der Waals surface area contributed by atoms with E-state index in [1.54, 1.807) is 0 Å². The van der Waals surface area contributed by atoms with E-state index in [9.17, 15) is 0 Å². The molecule has 1 aromatic heterocycles. The normalized spacial score (nSPS) is 19.8. The van der Waals surface area contributed by atoms with E-state index in [1.165, 1.54) is 28.5 Å². The van der Waals surface area contributed by atoms with Crippen LogP contribution in [0.3, 0.4) is 0 Å². The van der Waals surface area contributed by atoms with E-state index >= 15 is 0 Å². The standard InChI is InChI=1S/C21H24N4/c1-22-21(25-20-13-18(20)15-7-3-2-4-8-15)23-12-11-16-14-24-19-10-6-5-9-17(16)19/h2-10,14,18,20,24H,11-13H2,1H3,(H2,22,23,25). The van der Waals surface area contributed by atoms with Crippen LogP contribution in [0.15, 0.2) is 65.8 Å². The van der Waals surface area contributed by atoms with Crippen LogP contribution in [0.4, 0.5) is 0 Å². The Balaban J connectivity index is 1.29. The molecule has 0 amide bonds. The second-order valence-corrected chi connectivity index (χ2v) is 6.61. The summed E-state index contributed by atoms with van der Waals surface area (Å²) in [4.78, 5) is 7.70. The zero-order chi connectivity index (χ0) is 17.1. The minimum Gasteiger partial charge on any atom is -0.361 e. The van der Waals surface area contributed by atoms with Crippen LogP contribution in [0.2, 0.25) is 0 Å². The Morgan fingerprint density at radius 1 is 1.12 bits per heavy atom. The van der Waals surface area contributed by atoms with E-state index in [4.69, 9.17) is 0 Å². The summed E-state index contributed by atoms with van der Waals surface area (Å²) < 4.78 is 0. The van der Waals surface area contributed by atoms with Crippen LogP contribution >= 0.6 is 0 Å². The lowest BCUT2D eigenvalue weighted by molar-refractivity contribution is 0.781. The lowest BCUT2D eigenvalue weighted by Gasteiger charge is -2.11. The van der Waals surface area contributed by atoms with Gasteiger partial charge in [0.25, 0.3) is 0 Å². The fourth-order valence-corrected chi connectivity index (χ4v) is 3.45. The van der Waals surface area contributed by atoms with Gasteiger partial charge in [-0.15, -0.1) is 0 Å². The van der Waals surface area contributed by atoms with Gasteiger partial charge in [0, 0.05) is 42.7 Å². The second kappa shape index (κ2) is 7.01. The Bertz CT molecular complexity index is 866. The number of hydrogen-bond acceptors (Lipinski definition) is 1. The van der Waals surface area contributed by atoms with Crippen LogP contribution in [0.1, 0.15) is 23.5 Å². The number of rotatable bonds is 5. The van der Waals surface area contributed by atoms with Crippen molar-refractivity contribution in [1.29, 1.82) is 0 Å². The van der Waals surface area contributed by atoms with Gasteiger partial charge in [0.15, 0.2) is 5.96 Å². The number of benzene rings is 2. The Labute approximate surface area is 148 Å². The van der Waals surface area contributed by atoms with Gasteiger partial charge in [-0.3, -0.25) is 4.99 Å². The molecular formula is C21H24N4. The van der Waals surface area contributed by atoms with Crippen LogP contribution in [0.5, 0.6) is 0 Å². The summed E-state index contributed by atoms with van der Waals surface area (Å²) in [5.74, 6) is 1.50. The molecule has 2 unspecified atom stereocenters. The predicted octanol–water partition coefficient (Wildman–Crippen LogP) is 3.43. The summed E-state index contributed by atoms with van der Waals surface area (Å²) in [7, 11) is 1.83. The van der Waals surface area contributed by atoms with Crippen molar-refractivity contribution in [3.05, 3.63) is 71.9 Å². The fourth-order valence-electron chi connectivity index (χ4n) is 3.45. The van der Waals surface area contributed by atoms with E-state index in [0.717, 1.165) is 18.9 Å². The first kappa shape index (κ1) is 15.8. The highest BCUT2D eigenvalue weighted by molar-refractivity contribution is 5.83. The largest absolute Gasteiger partial charge is 0.361 e. The second-order valence-electron chi connectivity index (χ2n) is 6.61. The Kier molecular flexibility index (Phi) is 4.42. The molecular weight excluding hydrogens is 308 g/mol. The molecule has 0 saturated heterocycles. The minimum atomic E-state index is 0.488.